The van der Waals surface area contributed by atoms with E-state index in [-0.39, 0.29) is 0 Å². The van der Waals surface area contributed by atoms with Crippen molar-refractivity contribution in [3.8, 4) is 11.6 Å². The Labute approximate surface area is 196 Å². The van der Waals surface area contributed by atoms with E-state index >= 15 is 0 Å². The van der Waals surface area contributed by atoms with Crippen molar-refractivity contribution in [3.63, 3.8) is 0 Å². The van der Waals surface area contributed by atoms with Gasteiger partial charge in [-0.3, -0.25) is 0 Å². The molecule has 178 valence electrons. The Hall–Kier alpha value is -3.59. The van der Waals surface area contributed by atoms with E-state index in [4.69, 9.17) is 4.74 Å². The maximum Gasteiger partial charge on any atom is 0.416 e. The van der Waals surface area contributed by atoms with Crippen LogP contribution in [0.15, 0.2) is 67.3 Å². The molecule has 0 saturated heterocycles. The van der Waals surface area contributed by atoms with Crippen molar-refractivity contribution in [2.24, 2.45) is 0 Å². The van der Waals surface area contributed by atoms with Crippen LogP contribution in [0.25, 0.3) is 0 Å². The second-order valence-corrected chi connectivity index (χ2v) is 8.12. The fourth-order valence-electron chi connectivity index (χ4n) is 3.76. The Bertz CT molecular complexity index is 1180. The second kappa shape index (κ2) is 9.72. The Balaban J connectivity index is 1.45. The number of alkyl halides is 3. The van der Waals surface area contributed by atoms with Crippen LogP contribution in [0.3, 0.4) is 0 Å². The molecule has 0 aliphatic carbocycles. The molecule has 1 N–H and O–H groups in total. The van der Waals surface area contributed by atoms with E-state index in [1.165, 1.54) is 12.4 Å². The summed E-state index contributed by atoms with van der Waals surface area (Å²) in [6, 6.07) is 12.6. The average Bonchev–Trinajstić information content (AvgIpc) is 3.22. The molecule has 3 aromatic rings. The Morgan fingerprint density at radius 2 is 2.00 bits per heavy atom. The van der Waals surface area contributed by atoms with Gasteiger partial charge in [-0.05, 0) is 62.0 Å². The molecule has 0 radical (unpaired) electrons. The van der Waals surface area contributed by atoms with Crippen molar-refractivity contribution in [1.82, 2.24) is 14.9 Å². The predicted molar refractivity (Wildman–Crippen MR) is 126 cm³/mol. The van der Waals surface area contributed by atoms with Crippen LogP contribution < -0.4 is 15.0 Å². The van der Waals surface area contributed by atoms with E-state index in [9.17, 15) is 13.2 Å². The van der Waals surface area contributed by atoms with Crippen LogP contribution in [0.4, 0.5) is 24.5 Å². The summed E-state index contributed by atoms with van der Waals surface area (Å²) < 4.78 is 45.0. The lowest BCUT2D eigenvalue weighted by Crippen LogP contribution is -2.24. The number of fused-ring (bicyclic) bond motifs is 1. The van der Waals surface area contributed by atoms with Gasteiger partial charge < -0.3 is 19.9 Å². The van der Waals surface area contributed by atoms with Crippen LogP contribution in [-0.2, 0) is 19.1 Å². The van der Waals surface area contributed by atoms with Gasteiger partial charge in [-0.1, -0.05) is 19.6 Å². The van der Waals surface area contributed by atoms with Gasteiger partial charge in [0.2, 0.25) is 5.88 Å². The van der Waals surface area contributed by atoms with Gasteiger partial charge in [0.15, 0.2) is 0 Å². The quantitative estimate of drug-likeness (QED) is 0.458. The van der Waals surface area contributed by atoms with Gasteiger partial charge in [0.1, 0.15) is 17.9 Å². The summed E-state index contributed by atoms with van der Waals surface area (Å²) in [4.78, 5) is 12.6. The smallest absolute Gasteiger partial charge is 0.416 e. The first-order valence-electron chi connectivity index (χ1n) is 10.9. The molecular weight excluding hydrogens is 443 g/mol. The molecular formula is C25H26F3N5O. The number of hydrogen-bond acceptors (Lipinski definition) is 6. The van der Waals surface area contributed by atoms with Crippen molar-refractivity contribution in [2.45, 2.75) is 26.1 Å². The van der Waals surface area contributed by atoms with E-state index in [1.54, 1.807) is 6.07 Å². The first kappa shape index (κ1) is 23.6. The highest BCUT2D eigenvalue weighted by molar-refractivity contribution is 5.66. The maximum atomic E-state index is 13.0. The summed E-state index contributed by atoms with van der Waals surface area (Å²) in [5.74, 6) is 1.64. The molecule has 0 amide bonds. The van der Waals surface area contributed by atoms with Gasteiger partial charge in [-0.25, -0.2) is 9.97 Å². The minimum absolute atomic E-state index is 0.335. The molecule has 0 bridgehead atoms. The zero-order chi connectivity index (χ0) is 24.3. The molecule has 0 unspecified atom stereocenters. The van der Waals surface area contributed by atoms with Gasteiger partial charge >= 0.3 is 6.18 Å². The van der Waals surface area contributed by atoms with Crippen molar-refractivity contribution in [2.75, 3.05) is 30.4 Å². The normalized spacial score (nSPS) is 13.2. The molecule has 4 rings (SSSR count). The Morgan fingerprint density at radius 3 is 2.76 bits per heavy atom. The lowest BCUT2D eigenvalue weighted by molar-refractivity contribution is -0.137. The largest absolute Gasteiger partial charge is 0.439 e. The fraction of sp³-hybridized carbons (Fsp3) is 0.280. The van der Waals surface area contributed by atoms with Gasteiger partial charge in [0, 0.05) is 30.5 Å². The average molecular weight is 470 g/mol. The second-order valence-electron chi connectivity index (χ2n) is 8.12. The van der Waals surface area contributed by atoms with Crippen LogP contribution in [-0.4, -0.2) is 35.0 Å². The molecule has 9 heteroatoms. The number of nitrogens with zero attached hydrogens (tertiary/aromatic N) is 4. The minimum atomic E-state index is -4.40. The molecule has 0 fully saturated rings. The molecule has 0 atom stereocenters. The van der Waals surface area contributed by atoms with E-state index < -0.39 is 11.7 Å². The molecule has 6 nitrogen and oxygen atoms in total. The molecule has 0 saturated carbocycles. The standard InChI is InChI=1S/C25H26F3N5O/c1-4-32(3)15-21-14-24(30-16-29-21)34-22-8-9-23-18(12-22)10-11-33(23)17(2)31-20-7-5-6-19(13-20)25(26,27)28/h5-9,12-14,16,31H,2,4,10-11,15H2,1,3H3. The molecule has 0 spiro atoms. The monoisotopic (exact) mass is 469 g/mol. The molecule has 2 heterocycles. The van der Waals surface area contributed by atoms with E-state index in [1.807, 2.05) is 36.2 Å². The van der Waals surface area contributed by atoms with Gasteiger partial charge in [-0.2, -0.15) is 13.2 Å². The summed E-state index contributed by atoms with van der Waals surface area (Å²) in [6.45, 7) is 8.39. The number of nitrogens with one attached hydrogen (secondary N) is 1. The number of anilines is 2. The number of hydrogen-bond donors (Lipinski definition) is 1. The third-order valence-electron chi connectivity index (χ3n) is 5.64. The maximum absolute atomic E-state index is 13.0. The van der Waals surface area contributed by atoms with Crippen LogP contribution in [0, 0.1) is 0 Å². The number of rotatable bonds is 8. The number of aromatic nitrogens is 2. The van der Waals surface area contributed by atoms with E-state index in [0.29, 0.717) is 36.2 Å². The highest BCUT2D eigenvalue weighted by Gasteiger charge is 2.30. The number of halogens is 3. The van der Waals surface area contributed by atoms with Crippen molar-refractivity contribution < 1.29 is 17.9 Å². The van der Waals surface area contributed by atoms with Crippen molar-refractivity contribution >= 4 is 11.4 Å². The Morgan fingerprint density at radius 1 is 1.18 bits per heavy atom. The molecule has 1 aromatic heterocycles. The summed E-state index contributed by atoms with van der Waals surface area (Å²) in [5.41, 5.74) is 2.50. The van der Waals surface area contributed by atoms with E-state index in [0.717, 1.165) is 42.0 Å². The Kier molecular flexibility index (Phi) is 6.74. The first-order chi connectivity index (χ1) is 16.2. The minimum Gasteiger partial charge on any atom is -0.439 e. The summed E-state index contributed by atoms with van der Waals surface area (Å²) >= 11 is 0. The van der Waals surface area contributed by atoms with Crippen molar-refractivity contribution in [1.29, 1.82) is 0 Å². The number of ether oxygens (including phenoxy) is 1. The lowest BCUT2D eigenvalue weighted by Gasteiger charge is -2.23. The van der Waals surface area contributed by atoms with Crippen LogP contribution in [0.5, 0.6) is 11.6 Å². The summed E-state index contributed by atoms with van der Waals surface area (Å²) in [6.07, 6.45) is -2.15. The third kappa shape index (κ3) is 5.48. The van der Waals surface area contributed by atoms with Crippen LogP contribution in [0.1, 0.15) is 23.7 Å². The van der Waals surface area contributed by atoms with Gasteiger partial charge in [0.25, 0.3) is 0 Å². The van der Waals surface area contributed by atoms with Crippen LogP contribution in [0.2, 0.25) is 0 Å². The third-order valence-corrected chi connectivity index (χ3v) is 5.64. The number of benzene rings is 2. The predicted octanol–water partition coefficient (Wildman–Crippen LogP) is 5.69. The zero-order valence-electron chi connectivity index (χ0n) is 19.1. The van der Waals surface area contributed by atoms with E-state index in [2.05, 4.69) is 33.7 Å². The highest BCUT2D eigenvalue weighted by atomic mass is 19.4. The molecule has 2 aromatic carbocycles. The van der Waals surface area contributed by atoms with Crippen molar-refractivity contribution in [3.05, 3.63) is 84.1 Å². The lowest BCUT2D eigenvalue weighted by atomic mass is 10.1. The van der Waals surface area contributed by atoms with Crippen LogP contribution >= 0.6 is 0 Å². The van der Waals surface area contributed by atoms with Gasteiger partial charge in [0.05, 0.1) is 11.3 Å². The highest BCUT2D eigenvalue weighted by Crippen LogP contribution is 2.35. The van der Waals surface area contributed by atoms with Gasteiger partial charge in [-0.15, -0.1) is 0 Å². The summed E-state index contributed by atoms with van der Waals surface area (Å²) in [7, 11) is 2.02. The fourth-order valence-corrected chi connectivity index (χ4v) is 3.76. The topological polar surface area (TPSA) is 53.5 Å². The zero-order valence-corrected chi connectivity index (χ0v) is 19.1. The summed E-state index contributed by atoms with van der Waals surface area (Å²) in [5, 5.41) is 3.00. The molecule has 1 aliphatic heterocycles. The SMILES string of the molecule is C=C(Nc1cccc(C(F)(F)F)c1)N1CCc2cc(Oc3cc(CN(C)CC)ncn3)ccc21. The first-order valence-corrected chi connectivity index (χ1v) is 10.9. The molecule has 34 heavy (non-hydrogen) atoms. The molecule has 1 aliphatic rings.